The van der Waals surface area contributed by atoms with Crippen LogP contribution in [0.5, 0.6) is 0 Å². The van der Waals surface area contributed by atoms with E-state index in [1.165, 1.54) is 0 Å². The first-order valence-electron chi connectivity index (χ1n) is 6.38. The number of thioether (sulfide) groups is 1. The summed E-state index contributed by atoms with van der Waals surface area (Å²) in [6.07, 6.45) is 0. The van der Waals surface area contributed by atoms with E-state index in [1.807, 2.05) is 42.1 Å². The number of fused-ring (bicyclic) bond motifs is 1. The second-order valence-corrected chi connectivity index (χ2v) is 5.71. The number of hydrogen-bond donors (Lipinski definition) is 1. The van der Waals surface area contributed by atoms with Gasteiger partial charge < -0.3 is 5.32 Å². The topological polar surface area (TPSA) is 48.7 Å². The zero-order valence-corrected chi connectivity index (χ0v) is 12.0. The Morgan fingerprint density at radius 1 is 1.42 bits per heavy atom. The van der Waals surface area contributed by atoms with Crippen LogP contribution in [0.1, 0.15) is 19.4 Å². The van der Waals surface area contributed by atoms with E-state index in [1.54, 1.807) is 0 Å². The predicted octanol–water partition coefficient (Wildman–Crippen LogP) is 3.66. The van der Waals surface area contributed by atoms with Crippen LogP contribution in [0.4, 0.5) is 5.82 Å². The van der Waals surface area contributed by atoms with Crippen molar-refractivity contribution in [3.8, 4) is 6.07 Å². The number of hydrogen-bond acceptors (Lipinski definition) is 4. The average molecular weight is 271 g/mol. The van der Waals surface area contributed by atoms with Gasteiger partial charge in [-0.15, -0.1) is 0 Å². The van der Waals surface area contributed by atoms with Gasteiger partial charge in [-0.3, -0.25) is 0 Å². The molecule has 1 unspecified atom stereocenters. The molecule has 1 heterocycles. The summed E-state index contributed by atoms with van der Waals surface area (Å²) in [7, 11) is 0. The van der Waals surface area contributed by atoms with Gasteiger partial charge in [0.2, 0.25) is 0 Å². The fourth-order valence-corrected chi connectivity index (χ4v) is 2.60. The van der Waals surface area contributed by atoms with E-state index < -0.39 is 0 Å². The van der Waals surface area contributed by atoms with E-state index in [0.29, 0.717) is 11.6 Å². The molecule has 2 aromatic rings. The number of nitriles is 1. The molecule has 3 nitrogen and oxygen atoms in total. The molecule has 0 bridgehead atoms. The number of aromatic nitrogens is 1. The summed E-state index contributed by atoms with van der Waals surface area (Å²) in [5.74, 6) is 2.92. The zero-order chi connectivity index (χ0) is 13.7. The summed E-state index contributed by atoms with van der Waals surface area (Å²) in [4.78, 5) is 4.56. The van der Waals surface area contributed by atoms with Gasteiger partial charge in [0.15, 0.2) is 0 Å². The summed E-state index contributed by atoms with van der Waals surface area (Å²) >= 11 is 1.89. The third-order valence-electron chi connectivity index (χ3n) is 2.80. The maximum Gasteiger partial charge on any atom is 0.128 e. The van der Waals surface area contributed by atoms with E-state index in [9.17, 15) is 5.26 Å². The highest BCUT2D eigenvalue weighted by Gasteiger charge is 2.07. The van der Waals surface area contributed by atoms with Crippen molar-refractivity contribution in [2.45, 2.75) is 19.9 Å². The first kappa shape index (κ1) is 13.7. The molecule has 1 atom stereocenters. The van der Waals surface area contributed by atoms with Crippen LogP contribution in [0, 0.1) is 11.3 Å². The predicted molar refractivity (Wildman–Crippen MR) is 82.5 cm³/mol. The second-order valence-electron chi connectivity index (χ2n) is 4.39. The van der Waals surface area contributed by atoms with Crippen molar-refractivity contribution >= 4 is 28.5 Å². The van der Waals surface area contributed by atoms with Gasteiger partial charge in [0, 0.05) is 17.2 Å². The Morgan fingerprint density at radius 3 is 2.95 bits per heavy atom. The zero-order valence-electron chi connectivity index (χ0n) is 11.2. The minimum absolute atomic E-state index is 0.338. The highest BCUT2D eigenvalue weighted by atomic mass is 32.2. The second kappa shape index (κ2) is 6.44. The molecule has 1 aromatic heterocycles. The van der Waals surface area contributed by atoms with E-state index in [-0.39, 0.29) is 0 Å². The summed E-state index contributed by atoms with van der Waals surface area (Å²) in [5.41, 5.74) is 1.53. The third-order valence-corrected chi connectivity index (χ3v) is 3.95. The van der Waals surface area contributed by atoms with Crippen LogP contribution in [0.2, 0.25) is 0 Å². The van der Waals surface area contributed by atoms with E-state index in [4.69, 9.17) is 0 Å². The molecule has 19 heavy (non-hydrogen) atoms. The lowest BCUT2D eigenvalue weighted by Crippen LogP contribution is -2.19. The van der Waals surface area contributed by atoms with Gasteiger partial charge in [-0.05, 0) is 24.8 Å². The van der Waals surface area contributed by atoms with Crippen molar-refractivity contribution in [3.63, 3.8) is 0 Å². The number of rotatable bonds is 5. The average Bonchev–Trinajstić information content (AvgIpc) is 2.44. The molecule has 0 saturated carbocycles. The smallest absolute Gasteiger partial charge is 0.128 e. The molecule has 0 aliphatic rings. The van der Waals surface area contributed by atoms with Crippen LogP contribution in [0.25, 0.3) is 10.9 Å². The third kappa shape index (κ3) is 3.39. The van der Waals surface area contributed by atoms with Gasteiger partial charge in [-0.1, -0.05) is 25.1 Å². The van der Waals surface area contributed by atoms with Gasteiger partial charge in [0.25, 0.3) is 0 Å². The van der Waals surface area contributed by atoms with E-state index >= 15 is 0 Å². The molecular formula is C15H17N3S. The molecule has 98 valence electrons. The van der Waals surface area contributed by atoms with E-state index in [0.717, 1.165) is 28.2 Å². The number of pyridine rings is 1. The Labute approximate surface area is 118 Å². The summed E-state index contributed by atoms with van der Waals surface area (Å²) < 4.78 is 0. The van der Waals surface area contributed by atoms with Crippen molar-refractivity contribution in [2.24, 2.45) is 0 Å². The molecule has 4 heteroatoms. The van der Waals surface area contributed by atoms with E-state index in [2.05, 4.69) is 30.2 Å². The Bertz CT molecular complexity index is 604. The van der Waals surface area contributed by atoms with Gasteiger partial charge in [-0.25, -0.2) is 4.98 Å². The molecule has 1 aromatic carbocycles. The minimum atomic E-state index is 0.338. The van der Waals surface area contributed by atoms with Crippen molar-refractivity contribution in [1.82, 2.24) is 4.98 Å². The SMILES string of the molecule is CCSCC(C)Nc1cc(C#N)c2ccccc2n1. The van der Waals surface area contributed by atoms with Crippen molar-refractivity contribution in [1.29, 1.82) is 5.26 Å². The first-order valence-corrected chi connectivity index (χ1v) is 7.54. The monoisotopic (exact) mass is 271 g/mol. The molecule has 1 N–H and O–H groups in total. The number of benzene rings is 1. The van der Waals surface area contributed by atoms with Gasteiger partial charge in [0.1, 0.15) is 5.82 Å². The quantitative estimate of drug-likeness (QED) is 0.901. The fraction of sp³-hybridized carbons (Fsp3) is 0.333. The number of nitrogens with zero attached hydrogens (tertiary/aromatic N) is 2. The van der Waals surface area contributed by atoms with Crippen molar-refractivity contribution in [2.75, 3.05) is 16.8 Å². The Kier molecular flexibility index (Phi) is 4.64. The Morgan fingerprint density at radius 2 is 2.21 bits per heavy atom. The van der Waals surface area contributed by atoms with Crippen molar-refractivity contribution in [3.05, 3.63) is 35.9 Å². The molecule has 2 rings (SSSR count). The lowest BCUT2D eigenvalue weighted by atomic mass is 10.1. The maximum atomic E-state index is 9.23. The molecule has 0 saturated heterocycles. The standard InChI is InChI=1S/C15H17N3S/c1-3-19-10-11(2)17-15-8-12(9-16)13-6-4-5-7-14(13)18-15/h4-8,11H,3,10H2,1-2H3,(H,17,18). The number of anilines is 1. The van der Waals surface area contributed by atoms with Gasteiger partial charge in [0.05, 0.1) is 17.1 Å². The lowest BCUT2D eigenvalue weighted by Gasteiger charge is -2.14. The summed E-state index contributed by atoms with van der Waals surface area (Å²) in [6.45, 7) is 4.28. The summed E-state index contributed by atoms with van der Waals surface area (Å²) in [5, 5.41) is 13.5. The van der Waals surface area contributed by atoms with Crippen LogP contribution in [0.15, 0.2) is 30.3 Å². The Hall–Kier alpha value is -1.73. The lowest BCUT2D eigenvalue weighted by molar-refractivity contribution is 0.904. The highest BCUT2D eigenvalue weighted by molar-refractivity contribution is 7.99. The van der Waals surface area contributed by atoms with Crippen LogP contribution in [0.3, 0.4) is 0 Å². The molecule has 0 aliphatic carbocycles. The molecule has 0 amide bonds. The molecule has 0 radical (unpaired) electrons. The van der Waals surface area contributed by atoms with Crippen molar-refractivity contribution < 1.29 is 0 Å². The number of nitrogens with one attached hydrogen (secondary N) is 1. The van der Waals surface area contributed by atoms with Crippen LogP contribution >= 0.6 is 11.8 Å². The first-order chi connectivity index (χ1) is 9.24. The molecule has 0 fully saturated rings. The molecule has 0 aliphatic heterocycles. The maximum absolute atomic E-state index is 9.23. The summed E-state index contributed by atoms with van der Waals surface area (Å²) in [6, 6.07) is 12.1. The largest absolute Gasteiger partial charge is 0.367 e. The fourth-order valence-electron chi connectivity index (χ4n) is 1.93. The molecular weight excluding hydrogens is 254 g/mol. The molecule has 0 spiro atoms. The van der Waals surface area contributed by atoms with Gasteiger partial charge in [-0.2, -0.15) is 17.0 Å². The number of para-hydroxylation sites is 1. The van der Waals surface area contributed by atoms with Crippen LogP contribution in [-0.2, 0) is 0 Å². The highest BCUT2D eigenvalue weighted by Crippen LogP contribution is 2.20. The van der Waals surface area contributed by atoms with Crippen LogP contribution < -0.4 is 5.32 Å². The normalized spacial score (nSPS) is 12.1. The minimum Gasteiger partial charge on any atom is -0.367 e. The Balaban J connectivity index is 2.27. The van der Waals surface area contributed by atoms with Gasteiger partial charge >= 0.3 is 0 Å². The van der Waals surface area contributed by atoms with Crippen LogP contribution in [-0.4, -0.2) is 22.5 Å².